The summed E-state index contributed by atoms with van der Waals surface area (Å²) in [5.41, 5.74) is 0.378. The van der Waals surface area contributed by atoms with Crippen molar-refractivity contribution in [3.8, 4) is 10.6 Å². The largest absolute Gasteiger partial charge is 0.464 e. The third-order valence-corrected chi connectivity index (χ3v) is 3.77. The molecule has 2 aromatic rings. The molecule has 0 bridgehead atoms. The molecule has 8 nitrogen and oxygen atoms in total. The lowest BCUT2D eigenvalue weighted by molar-refractivity contribution is -0.137. The highest BCUT2D eigenvalue weighted by atomic mass is 32.1. The van der Waals surface area contributed by atoms with Gasteiger partial charge in [-0.25, -0.2) is 9.78 Å². The van der Waals surface area contributed by atoms with E-state index in [2.05, 4.69) is 38.5 Å². The average molecular weight is 358 g/mol. The van der Waals surface area contributed by atoms with Gasteiger partial charge in [-0.3, -0.25) is 14.6 Å². The lowest BCUT2D eigenvalue weighted by atomic mass is 10.3. The van der Waals surface area contributed by atoms with Crippen LogP contribution in [0.25, 0.3) is 10.6 Å². The van der Waals surface area contributed by atoms with Crippen molar-refractivity contribution in [3.05, 3.63) is 60.2 Å². The highest BCUT2D eigenvalue weighted by Crippen LogP contribution is 2.22. The van der Waals surface area contributed by atoms with E-state index in [0.29, 0.717) is 5.01 Å². The van der Waals surface area contributed by atoms with Crippen molar-refractivity contribution in [1.29, 1.82) is 0 Å². The van der Waals surface area contributed by atoms with E-state index in [1.54, 1.807) is 23.8 Å². The van der Waals surface area contributed by atoms with Crippen LogP contribution in [0.1, 0.15) is 10.5 Å². The lowest BCUT2D eigenvalue weighted by Crippen LogP contribution is -2.35. The number of nitrogens with one attached hydrogen (secondary N) is 2. The number of pyridine rings is 1. The summed E-state index contributed by atoms with van der Waals surface area (Å²) in [5, 5.41) is 6.65. The third-order valence-electron chi connectivity index (χ3n) is 2.88. The number of hydrogen-bond donors (Lipinski definition) is 2. The van der Waals surface area contributed by atoms with Crippen molar-refractivity contribution in [2.24, 2.45) is 0 Å². The molecule has 0 atom stereocenters. The minimum Gasteiger partial charge on any atom is -0.464 e. The Morgan fingerprint density at radius 3 is 2.60 bits per heavy atom. The summed E-state index contributed by atoms with van der Waals surface area (Å²) in [6.07, 6.45) is 3.26. The van der Waals surface area contributed by atoms with Crippen LogP contribution in [0, 0.1) is 0 Å². The van der Waals surface area contributed by atoms with Crippen LogP contribution in [0.3, 0.4) is 0 Å². The number of methoxy groups -OCH3 is 1. The van der Waals surface area contributed by atoms with E-state index in [1.165, 1.54) is 11.3 Å². The molecule has 0 fully saturated rings. The highest BCUT2D eigenvalue weighted by molar-refractivity contribution is 7.13. The molecule has 0 unspecified atom stereocenters. The Labute approximate surface area is 147 Å². The number of amides is 2. The first kappa shape index (κ1) is 18.0. The summed E-state index contributed by atoms with van der Waals surface area (Å²) in [6, 6.07) is 3.58. The van der Waals surface area contributed by atoms with Gasteiger partial charge in [0.05, 0.1) is 12.8 Å². The van der Waals surface area contributed by atoms with Gasteiger partial charge >= 0.3 is 5.97 Å². The first-order valence-corrected chi connectivity index (χ1v) is 7.75. The van der Waals surface area contributed by atoms with Crippen LogP contribution in [0.5, 0.6) is 0 Å². The number of esters is 1. The molecule has 2 amide bonds. The second-order valence-electron chi connectivity index (χ2n) is 4.64. The van der Waals surface area contributed by atoms with E-state index in [9.17, 15) is 14.4 Å². The van der Waals surface area contributed by atoms with Crippen molar-refractivity contribution in [3.63, 3.8) is 0 Å². The van der Waals surface area contributed by atoms with Crippen molar-refractivity contribution >= 4 is 29.1 Å². The maximum atomic E-state index is 12.1. The molecular weight excluding hydrogens is 344 g/mol. The zero-order valence-corrected chi connectivity index (χ0v) is 14.1. The van der Waals surface area contributed by atoms with E-state index < -0.39 is 17.8 Å². The molecule has 9 heteroatoms. The maximum absolute atomic E-state index is 12.1. The van der Waals surface area contributed by atoms with Crippen LogP contribution in [0.15, 0.2) is 54.5 Å². The van der Waals surface area contributed by atoms with Crippen molar-refractivity contribution in [2.75, 3.05) is 7.11 Å². The number of carbonyl (C=O) groups is 3. The molecule has 2 N–H and O–H groups in total. The minimum absolute atomic E-state index is 0.129. The summed E-state index contributed by atoms with van der Waals surface area (Å²) >= 11 is 1.27. The van der Waals surface area contributed by atoms with Gasteiger partial charge in [0.1, 0.15) is 16.4 Å². The molecule has 0 saturated heterocycles. The predicted molar refractivity (Wildman–Crippen MR) is 91.2 cm³/mol. The summed E-state index contributed by atoms with van der Waals surface area (Å²) in [5.74, 6) is -2.19. The van der Waals surface area contributed by atoms with Crippen molar-refractivity contribution < 1.29 is 19.1 Å². The molecule has 2 aromatic heterocycles. The molecular formula is C16H14N4O4S. The lowest BCUT2D eigenvalue weighted by Gasteiger charge is -2.09. The van der Waals surface area contributed by atoms with Crippen LogP contribution in [0.4, 0.5) is 0 Å². The van der Waals surface area contributed by atoms with E-state index in [0.717, 1.165) is 12.7 Å². The van der Waals surface area contributed by atoms with Gasteiger partial charge < -0.3 is 15.4 Å². The molecule has 0 aliphatic heterocycles. The molecule has 2 rings (SSSR count). The summed E-state index contributed by atoms with van der Waals surface area (Å²) < 4.78 is 4.40. The Morgan fingerprint density at radius 1 is 1.20 bits per heavy atom. The molecule has 128 valence electrons. The van der Waals surface area contributed by atoms with Crippen molar-refractivity contribution in [2.45, 2.75) is 0 Å². The van der Waals surface area contributed by atoms with Gasteiger partial charge in [0.15, 0.2) is 0 Å². The topological polar surface area (TPSA) is 110 Å². The molecule has 0 saturated carbocycles. The van der Waals surface area contributed by atoms with Crippen LogP contribution in [-0.2, 0) is 14.3 Å². The SMILES string of the molecule is C=C(NC(=O)c1csc(-c2cccnc2)n1)C(=O)NC(=C)C(=O)OC. The molecule has 0 spiro atoms. The van der Waals surface area contributed by atoms with Crippen LogP contribution in [0.2, 0.25) is 0 Å². The maximum Gasteiger partial charge on any atom is 0.353 e. The summed E-state index contributed by atoms with van der Waals surface area (Å²) in [4.78, 5) is 43.4. The minimum atomic E-state index is -0.798. The fourth-order valence-electron chi connectivity index (χ4n) is 1.64. The number of nitrogens with zero attached hydrogens (tertiary/aromatic N) is 2. The normalized spacial score (nSPS) is 9.80. The molecule has 2 heterocycles. The van der Waals surface area contributed by atoms with Gasteiger partial charge in [-0.15, -0.1) is 11.3 Å². The molecule has 0 aromatic carbocycles. The van der Waals surface area contributed by atoms with Crippen LogP contribution < -0.4 is 10.6 Å². The molecule has 0 aliphatic rings. The van der Waals surface area contributed by atoms with Gasteiger partial charge in [0.2, 0.25) is 0 Å². The molecule has 25 heavy (non-hydrogen) atoms. The fraction of sp³-hybridized carbons (Fsp3) is 0.0625. The average Bonchev–Trinajstić information content (AvgIpc) is 3.11. The Bertz CT molecular complexity index is 845. The Kier molecular flexibility index (Phi) is 5.75. The predicted octanol–water partition coefficient (Wildman–Crippen LogP) is 1.25. The van der Waals surface area contributed by atoms with Crippen LogP contribution >= 0.6 is 11.3 Å². The van der Waals surface area contributed by atoms with E-state index in [-0.39, 0.29) is 17.1 Å². The Balaban J connectivity index is 1.99. The molecule has 0 aliphatic carbocycles. The van der Waals surface area contributed by atoms with Crippen molar-refractivity contribution in [1.82, 2.24) is 20.6 Å². The van der Waals surface area contributed by atoms with Gasteiger partial charge in [-0.1, -0.05) is 13.2 Å². The first-order valence-electron chi connectivity index (χ1n) is 6.87. The quantitative estimate of drug-likeness (QED) is 0.594. The van der Waals surface area contributed by atoms with Gasteiger partial charge in [-0.2, -0.15) is 0 Å². The number of thiazole rings is 1. The zero-order valence-electron chi connectivity index (χ0n) is 13.2. The number of ether oxygens (including phenoxy) is 1. The smallest absolute Gasteiger partial charge is 0.353 e. The van der Waals surface area contributed by atoms with Gasteiger partial charge in [0.25, 0.3) is 11.8 Å². The monoisotopic (exact) mass is 358 g/mol. The van der Waals surface area contributed by atoms with Gasteiger partial charge in [-0.05, 0) is 12.1 Å². The number of aromatic nitrogens is 2. The Hall–Kier alpha value is -3.33. The zero-order chi connectivity index (χ0) is 18.4. The second-order valence-corrected chi connectivity index (χ2v) is 5.49. The van der Waals surface area contributed by atoms with E-state index in [1.807, 2.05) is 6.07 Å². The standard InChI is InChI=1S/C16H14N4O4S/c1-9(13(21)19-10(2)16(23)24-3)18-14(22)12-8-25-15(20-12)11-5-4-6-17-7-11/h4-8H,1-2H2,3H3,(H,18,22)(H,19,21). The molecule has 0 radical (unpaired) electrons. The number of hydrogen-bond acceptors (Lipinski definition) is 7. The summed E-state index contributed by atoms with van der Waals surface area (Å²) in [6.45, 7) is 6.80. The van der Waals surface area contributed by atoms with E-state index >= 15 is 0 Å². The first-order chi connectivity index (χ1) is 11.9. The number of carbonyl (C=O) groups excluding carboxylic acids is 3. The number of rotatable bonds is 6. The van der Waals surface area contributed by atoms with Gasteiger partial charge in [0, 0.05) is 23.3 Å². The third kappa shape index (κ3) is 4.58. The van der Waals surface area contributed by atoms with E-state index in [4.69, 9.17) is 0 Å². The fourth-order valence-corrected chi connectivity index (χ4v) is 2.44. The van der Waals surface area contributed by atoms with Crippen LogP contribution in [-0.4, -0.2) is 34.9 Å². The highest BCUT2D eigenvalue weighted by Gasteiger charge is 2.18. The Morgan fingerprint density at radius 2 is 1.96 bits per heavy atom. The second kappa shape index (κ2) is 7.97. The summed E-state index contributed by atoms with van der Waals surface area (Å²) in [7, 11) is 1.15.